The van der Waals surface area contributed by atoms with Crippen LogP contribution in [0.25, 0.3) is 0 Å². The van der Waals surface area contributed by atoms with Gasteiger partial charge < -0.3 is 19.7 Å². The van der Waals surface area contributed by atoms with E-state index in [0.717, 1.165) is 5.56 Å². The second-order valence-electron chi connectivity index (χ2n) is 6.97. The largest absolute Gasteiger partial charge is 0.474 e. The van der Waals surface area contributed by atoms with Gasteiger partial charge in [0.05, 0.1) is 19.1 Å². The predicted molar refractivity (Wildman–Crippen MR) is 112 cm³/mol. The lowest BCUT2D eigenvalue weighted by molar-refractivity contribution is -0.118. The van der Waals surface area contributed by atoms with Crippen LogP contribution in [0.4, 0.5) is 15.9 Å². The summed E-state index contributed by atoms with van der Waals surface area (Å²) < 4.78 is 23.9. The number of fused-ring (bicyclic) bond motifs is 1. The van der Waals surface area contributed by atoms with E-state index in [1.165, 1.54) is 19.2 Å². The van der Waals surface area contributed by atoms with Gasteiger partial charge in [-0.05, 0) is 30.7 Å². The molecule has 1 atom stereocenters. The minimum Gasteiger partial charge on any atom is -0.474 e. The Labute approximate surface area is 179 Å². The highest BCUT2D eigenvalue weighted by Crippen LogP contribution is 2.36. The monoisotopic (exact) mass is 435 g/mol. The van der Waals surface area contributed by atoms with Crippen LogP contribution in [0.3, 0.4) is 0 Å². The number of alkyl halides is 1. The quantitative estimate of drug-likeness (QED) is 0.676. The molecule has 1 aliphatic rings. The van der Waals surface area contributed by atoms with Gasteiger partial charge in [-0.1, -0.05) is 12.1 Å². The van der Waals surface area contributed by atoms with Crippen molar-refractivity contribution in [1.82, 2.24) is 4.98 Å². The first-order valence-electron chi connectivity index (χ1n) is 9.51. The molecule has 160 valence electrons. The maximum absolute atomic E-state index is 13.3. The van der Waals surface area contributed by atoms with Gasteiger partial charge in [-0.15, -0.1) is 11.6 Å². The standard InChI is InChI=1S/C21H23ClFN3O4/c1-13-12-30-21-17(26(13)19(28)11-22)10-15(9-14-3-5-16(23)6-4-14)20(25-21)24-18(27)7-8-29-2/h3-6,10,13H,7-9,11-12H2,1-2H3,(H,24,25,27). The first-order chi connectivity index (χ1) is 14.4. The van der Waals surface area contributed by atoms with Crippen molar-refractivity contribution in [1.29, 1.82) is 0 Å². The van der Waals surface area contributed by atoms with Crippen LogP contribution < -0.4 is 15.0 Å². The molecule has 0 spiro atoms. The van der Waals surface area contributed by atoms with E-state index < -0.39 is 0 Å². The van der Waals surface area contributed by atoms with Crippen LogP contribution in [0.1, 0.15) is 24.5 Å². The van der Waals surface area contributed by atoms with E-state index in [1.54, 1.807) is 23.1 Å². The van der Waals surface area contributed by atoms with Crippen LogP contribution in [-0.4, -0.2) is 49.0 Å². The molecule has 3 rings (SSSR count). The SMILES string of the molecule is COCCC(=O)Nc1nc2c(cc1Cc1ccc(F)cc1)N(C(=O)CCl)C(C)CO2. The highest BCUT2D eigenvalue weighted by Gasteiger charge is 2.31. The number of methoxy groups -OCH3 is 1. The van der Waals surface area contributed by atoms with E-state index in [2.05, 4.69) is 10.3 Å². The zero-order chi connectivity index (χ0) is 21.7. The Morgan fingerprint density at radius 3 is 2.77 bits per heavy atom. The highest BCUT2D eigenvalue weighted by atomic mass is 35.5. The summed E-state index contributed by atoms with van der Waals surface area (Å²) in [7, 11) is 1.52. The molecule has 1 aliphatic heterocycles. The van der Waals surface area contributed by atoms with Crippen LogP contribution >= 0.6 is 11.6 Å². The first-order valence-corrected chi connectivity index (χ1v) is 10.0. The molecule has 1 N–H and O–H groups in total. The smallest absolute Gasteiger partial charge is 0.242 e. The van der Waals surface area contributed by atoms with Crippen molar-refractivity contribution in [3.63, 3.8) is 0 Å². The lowest BCUT2D eigenvalue weighted by atomic mass is 10.0. The Morgan fingerprint density at radius 1 is 1.37 bits per heavy atom. The van der Waals surface area contributed by atoms with Crippen LogP contribution in [0.5, 0.6) is 5.88 Å². The molecule has 0 bridgehead atoms. The third-order valence-electron chi connectivity index (χ3n) is 4.69. The summed E-state index contributed by atoms with van der Waals surface area (Å²) in [5, 5.41) is 2.78. The third-order valence-corrected chi connectivity index (χ3v) is 4.92. The van der Waals surface area contributed by atoms with E-state index in [4.69, 9.17) is 21.1 Å². The summed E-state index contributed by atoms with van der Waals surface area (Å²) in [6.45, 7) is 2.39. The number of halogens is 2. The summed E-state index contributed by atoms with van der Waals surface area (Å²) in [4.78, 5) is 30.7. The van der Waals surface area contributed by atoms with Gasteiger partial charge in [0.15, 0.2) is 0 Å². The minimum atomic E-state index is -0.337. The number of ether oxygens (including phenoxy) is 2. The number of anilines is 2. The van der Waals surface area contributed by atoms with Crippen LogP contribution in [0, 0.1) is 5.82 Å². The molecule has 0 aliphatic carbocycles. The molecule has 1 unspecified atom stereocenters. The Kier molecular flexibility index (Phi) is 7.23. The van der Waals surface area contributed by atoms with Gasteiger partial charge in [0.1, 0.15) is 29.8 Å². The molecule has 7 nitrogen and oxygen atoms in total. The Morgan fingerprint density at radius 2 is 2.10 bits per heavy atom. The molecule has 2 aromatic rings. The molecule has 0 saturated heterocycles. The fraction of sp³-hybridized carbons (Fsp3) is 0.381. The van der Waals surface area contributed by atoms with Crippen LogP contribution in [-0.2, 0) is 20.7 Å². The van der Waals surface area contributed by atoms with Gasteiger partial charge in [0, 0.05) is 19.1 Å². The summed E-state index contributed by atoms with van der Waals surface area (Å²) in [6.07, 6.45) is 0.539. The van der Waals surface area contributed by atoms with Crippen molar-refractivity contribution in [3.8, 4) is 5.88 Å². The molecule has 0 radical (unpaired) electrons. The van der Waals surface area contributed by atoms with Crippen molar-refractivity contribution in [2.75, 3.05) is 36.4 Å². The maximum Gasteiger partial charge on any atom is 0.242 e. The van der Waals surface area contributed by atoms with Gasteiger partial charge in [0.25, 0.3) is 0 Å². The number of aromatic nitrogens is 1. The number of rotatable bonds is 7. The predicted octanol–water partition coefficient (Wildman–Crippen LogP) is 3.14. The molecule has 1 aromatic carbocycles. The van der Waals surface area contributed by atoms with Gasteiger partial charge in [-0.2, -0.15) is 4.98 Å². The molecular weight excluding hydrogens is 413 g/mol. The molecule has 2 heterocycles. The fourth-order valence-corrected chi connectivity index (χ4v) is 3.34. The van der Waals surface area contributed by atoms with Crippen LogP contribution in [0.15, 0.2) is 30.3 Å². The number of hydrogen-bond donors (Lipinski definition) is 1. The van der Waals surface area contributed by atoms with E-state index >= 15 is 0 Å². The van der Waals surface area contributed by atoms with Crippen molar-refractivity contribution in [3.05, 3.63) is 47.3 Å². The van der Waals surface area contributed by atoms with E-state index in [-0.39, 0.29) is 55.1 Å². The van der Waals surface area contributed by atoms with Gasteiger partial charge >= 0.3 is 0 Å². The second kappa shape index (κ2) is 9.86. The minimum absolute atomic E-state index is 0.167. The van der Waals surface area contributed by atoms with Crippen molar-refractivity contribution in [2.45, 2.75) is 25.8 Å². The highest BCUT2D eigenvalue weighted by molar-refractivity contribution is 6.29. The lowest BCUT2D eigenvalue weighted by Crippen LogP contribution is -2.46. The average molecular weight is 436 g/mol. The number of carbonyl (C=O) groups excluding carboxylic acids is 2. The number of benzene rings is 1. The summed E-state index contributed by atoms with van der Waals surface area (Å²) in [5.74, 6) is -0.463. The number of amides is 2. The third kappa shape index (κ3) is 5.06. The van der Waals surface area contributed by atoms with Crippen molar-refractivity contribution < 1.29 is 23.5 Å². The van der Waals surface area contributed by atoms with Gasteiger partial charge in [0.2, 0.25) is 17.7 Å². The maximum atomic E-state index is 13.3. The Bertz CT molecular complexity index is 923. The summed E-state index contributed by atoms with van der Waals surface area (Å²) >= 11 is 5.79. The van der Waals surface area contributed by atoms with E-state index in [0.29, 0.717) is 23.5 Å². The fourth-order valence-electron chi connectivity index (χ4n) is 3.22. The van der Waals surface area contributed by atoms with Crippen molar-refractivity contribution in [2.24, 2.45) is 0 Å². The number of carbonyl (C=O) groups is 2. The number of nitrogens with zero attached hydrogens (tertiary/aromatic N) is 2. The number of hydrogen-bond acceptors (Lipinski definition) is 5. The Hall–Kier alpha value is -2.71. The average Bonchev–Trinajstić information content (AvgIpc) is 2.74. The number of nitrogens with one attached hydrogen (secondary N) is 1. The topological polar surface area (TPSA) is 80.8 Å². The molecule has 2 amide bonds. The second-order valence-corrected chi connectivity index (χ2v) is 7.24. The molecule has 30 heavy (non-hydrogen) atoms. The zero-order valence-corrected chi connectivity index (χ0v) is 17.5. The van der Waals surface area contributed by atoms with E-state index in [9.17, 15) is 14.0 Å². The van der Waals surface area contributed by atoms with E-state index in [1.807, 2.05) is 6.92 Å². The molecule has 1 aromatic heterocycles. The van der Waals surface area contributed by atoms with Gasteiger partial charge in [-0.3, -0.25) is 9.59 Å². The van der Waals surface area contributed by atoms with Crippen LogP contribution in [0.2, 0.25) is 0 Å². The molecule has 9 heteroatoms. The zero-order valence-electron chi connectivity index (χ0n) is 16.8. The number of pyridine rings is 1. The summed E-state index contributed by atoms with van der Waals surface area (Å²) in [5.41, 5.74) is 1.98. The normalized spacial score (nSPS) is 15.3. The first kappa shape index (κ1) is 22.0. The van der Waals surface area contributed by atoms with Crippen molar-refractivity contribution >= 4 is 34.9 Å². The lowest BCUT2D eigenvalue weighted by Gasteiger charge is -2.34. The van der Waals surface area contributed by atoms with Gasteiger partial charge in [-0.25, -0.2) is 4.39 Å². The Balaban J connectivity index is 2.01. The molecule has 0 fully saturated rings. The molecular formula is C21H23ClFN3O4. The summed E-state index contributed by atoms with van der Waals surface area (Å²) in [6, 6.07) is 7.60. The molecule has 0 saturated carbocycles.